The number of hydrogen-bond acceptors (Lipinski definition) is 1. The first-order chi connectivity index (χ1) is 11.2. The molecular weight excluding hydrogens is 299 g/mol. The molecule has 0 aliphatic carbocycles. The van der Waals surface area contributed by atoms with Crippen LogP contribution in [0.1, 0.15) is 16.7 Å². The van der Waals surface area contributed by atoms with Gasteiger partial charge >= 0.3 is 0 Å². The van der Waals surface area contributed by atoms with Crippen molar-refractivity contribution in [2.75, 3.05) is 0 Å². The molecule has 0 spiro atoms. The van der Waals surface area contributed by atoms with E-state index >= 15 is 0 Å². The van der Waals surface area contributed by atoms with E-state index < -0.39 is 6.10 Å². The smallest absolute Gasteiger partial charge is 0.0764 e. The summed E-state index contributed by atoms with van der Waals surface area (Å²) >= 11 is 0. The van der Waals surface area contributed by atoms with Gasteiger partial charge < -0.3 is 5.11 Å². The van der Waals surface area contributed by atoms with Crippen LogP contribution in [0.15, 0.2) is 78.3 Å². The Bertz CT molecular complexity index is 772. The maximum Gasteiger partial charge on any atom is 0.0764 e. The number of benzene rings is 2. The summed E-state index contributed by atoms with van der Waals surface area (Å²) in [6.45, 7) is 2.14. The Balaban J connectivity index is 1.70. The molecule has 0 amide bonds. The fraction of sp³-hybridized carbons (Fsp3) is 0.143. The second-order valence-electron chi connectivity index (χ2n) is 5.75. The summed E-state index contributed by atoms with van der Waals surface area (Å²) in [6.07, 6.45) is 4.10. The summed E-state index contributed by atoms with van der Waals surface area (Å²) in [5.74, 6) is 4.67. The molecule has 2 atom stereocenters. The molecule has 0 radical (unpaired) electrons. The number of aliphatic hydroxyl groups is 1. The normalized spacial score (nSPS) is 13.4. The van der Waals surface area contributed by atoms with Crippen LogP contribution in [0, 0.1) is 6.92 Å². The Morgan fingerprint density at radius 2 is 1.61 bits per heavy atom. The molecule has 0 fully saturated rings. The summed E-state index contributed by atoms with van der Waals surface area (Å²) in [5.41, 5.74) is 3.68. The maximum atomic E-state index is 10.3. The lowest BCUT2D eigenvalue weighted by molar-refractivity contribution is 0.224. The van der Waals surface area contributed by atoms with Crippen LogP contribution in [0.25, 0.3) is 11.4 Å². The summed E-state index contributed by atoms with van der Waals surface area (Å²) in [7, 11) is -0.362. The number of aliphatic hydroxyl groups excluding tert-OH is 1. The largest absolute Gasteiger partial charge is 0.389 e. The van der Waals surface area contributed by atoms with Gasteiger partial charge in [0.15, 0.2) is 0 Å². The van der Waals surface area contributed by atoms with E-state index in [4.69, 9.17) is 0 Å². The zero-order chi connectivity index (χ0) is 16.1. The molecular formula is C21H21OP. The predicted octanol–water partition coefficient (Wildman–Crippen LogP) is 5.59. The monoisotopic (exact) mass is 320 g/mol. The van der Waals surface area contributed by atoms with Crippen LogP contribution < -0.4 is 0 Å². The van der Waals surface area contributed by atoms with Gasteiger partial charge in [-0.05, 0) is 40.5 Å². The number of hydrogen-bond donors (Lipinski definition) is 1. The number of aryl methyl sites for hydroxylation is 1. The molecule has 3 aromatic rings. The van der Waals surface area contributed by atoms with Gasteiger partial charge in [-0.15, -0.1) is 0 Å². The Labute approximate surface area is 139 Å². The first-order valence-electron chi connectivity index (χ1n) is 7.86. The molecule has 2 aromatic carbocycles. The molecule has 0 aliphatic rings. The van der Waals surface area contributed by atoms with E-state index in [0.717, 1.165) is 5.56 Å². The highest BCUT2D eigenvalue weighted by Crippen LogP contribution is 2.42. The number of rotatable bonds is 5. The van der Waals surface area contributed by atoms with Crippen LogP contribution in [0.5, 0.6) is 0 Å². The Morgan fingerprint density at radius 1 is 0.957 bits per heavy atom. The third-order valence-corrected chi connectivity index (χ3v) is 6.08. The van der Waals surface area contributed by atoms with E-state index in [1.165, 1.54) is 16.4 Å². The van der Waals surface area contributed by atoms with Crippen LogP contribution in [0.3, 0.4) is 0 Å². The topological polar surface area (TPSA) is 20.2 Å². The molecule has 2 unspecified atom stereocenters. The molecule has 1 nitrogen and oxygen atoms in total. The van der Waals surface area contributed by atoms with Crippen molar-refractivity contribution in [1.82, 2.24) is 0 Å². The summed E-state index contributed by atoms with van der Waals surface area (Å²) in [5, 5.41) is 11.7. The standard InChI is InChI=1S/C21H21OP/c1-17-15-23(21-10-6-3-7-11-21)16-19(17)14-20(22)13-12-18-8-4-2-5-9-18/h2-13,15-16,20,22H,14H2,1H3/b13-12+. The molecule has 3 rings (SSSR count). The summed E-state index contributed by atoms with van der Waals surface area (Å²) in [4.78, 5) is 0. The van der Waals surface area contributed by atoms with E-state index in [9.17, 15) is 5.11 Å². The van der Waals surface area contributed by atoms with Crippen LogP contribution in [0.4, 0.5) is 0 Å². The highest BCUT2D eigenvalue weighted by molar-refractivity contribution is 7.56. The highest BCUT2D eigenvalue weighted by Gasteiger charge is 2.09. The minimum Gasteiger partial charge on any atom is -0.389 e. The molecule has 1 aromatic heterocycles. The maximum absolute atomic E-state index is 10.3. The fourth-order valence-electron chi connectivity index (χ4n) is 2.64. The van der Waals surface area contributed by atoms with Gasteiger partial charge in [-0.1, -0.05) is 80.3 Å². The van der Waals surface area contributed by atoms with Crippen molar-refractivity contribution >= 4 is 13.6 Å². The lowest BCUT2D eigenvalue weighted by atomic mass is 10.1. The molecule has 0 saturated carbocycles. The summed E-state index contributed by atoms with van der Waals surface area (Å²) in [6, 6.07) is 20.7. The Kier molecular flexibility index (Phi) is 5.12. The fourth-order valence-corrected chi connectivity index (χ4v) is 4.76. The Hall–Kier alpha value is -2.08. The minimum atomic E-state index is -0.449. The van der Waals surface area contributed by atoms with E-state index in [1.54, 1.807) is 0 Å². The molecule has 1 heterocycles. The zero-order valence-corrected chi connectivity index (χ0v) is 14.2. The van der Waals surface area contributed by atoms with E-state index in [1.807, 2.05) is 48.6 Å². The first-order valence-corrected chi connectivity index (χ1v) is 9.34. The van der Waals surface area contributed by atoms with Crippen LogP contribution >= 0.6 is 7.53 Å². The van der Waals surface area contributed by atoms with E-state index in [-0.39, 0.29) is 7.53 Å². The average Bonchev–Trinajstić information content (AvgIpc) is 2.95. The molecule has 1 N–H and O–H groups in total. The van der Waals surface area contributed by atoms with Crippen LogP contribution in [-0.2, 0) is 6.42 Å². The predicted molar refractivity (Wildman–Crippen MR) is 100 cm³/mol. The quantitative estimate of drug-likeness (QED) is 0.650. The summed E-state index contributed by atoms with van der Waals surface area (Å²) < 4.78 is 0. The van der Waals surface area contributed by atoms with Gasteiger partial charge in [0.2, 0.25) is 0 Å². The molecule has 2 heteroatoms. The molecule has 0 bridgehead atoms. The van der Waals surface area contributed by atoms with Crippen molar-refractivity contribution in [3.63, 3.8) is 0 Å². The highest BCUT2D eigenvalue weighted by atomic mass is 31.1. The van der Waals surface area contributed by atoms with Crippen molar-refractivity contribution in [3.8, 4) is 5.30 Å². The van der Waals surface area contributed by atoms with Crippen LogP contribution in [-0.4, -0.2) is 11.2 Å². The van der Waals surface area contributed by atoms with Crippen LogP contribution in [0.2, 0.25) is 0 Å². The molecule has 0 aliphatic heterocycles. The van der Waals surface area contributed by atoms with Gasteiger partial charge in [0.25, 0.3) is 0 Å². The van der Waals surface area contributed by atoms with Gasteiger partial charge in [-0.25, -0.2) is 0 Å². The first kappa shape index (κ1) is 15.8. The van der Waals surface area contributed by atoms with E-state index in [2.05, 4.69) is 42.8 Å². The SMILES string of the molecule is Cc1cp(-c2ccccc2)cc1CC(O)/C=C/c1ccccc1. The Morgan fingerprint density at radius 3 is 2.30 bits per heavy atom. The van der Waals surface area contributed by atoms with Crippen molar-refractivity contribution < 1.29 is 5.11 Å². The van der Waals surface area contributed by atoms with Gasteiger partial charge in [0.1, 0.15) is 0 Å². The lowest BCUT2D eigenvalue weighted by Crippen LogP contribution is -2.06. The average molecular weight is 320 g/mol. The zero-order valence-electron chi connectivity index (χ0n) is 13.3. The van der Waals surface area contributed by atoms with Gasteiger partial charge in [-0.3, -0.25) is 0 Å². The third-order valence-electron chi connectivity index (χ3n) is 3.93. The third kappa shape index (κ3) is 4.22. The van der Waals surface area contributed by atoms with Crippen molar-refractivity contribution in [2.24, 2.45) is 0 Å². The molecule has 116 valence electrons. The second-order valence-corrected chi connectivity index (χ2v) is 7.60. The van der Waals surface area contributed by atoms with Gasteiger partial charge in [0, 0.05) is 6.42 Å². The molecule has 0 saturated heterocycles. The van der Waals surface area contributed by atoms with E-state index in [0.29, 0.717) is 6.42 Å². The van der Waals surface area contributed by atoms with Crippen molar-refractivity contribution in [2.45, 2.75) is 19.4 Å². The van der Waals surface area contributed by atoms with Crippen molar-refractivity contribution in [1.29, 1.82) is 0 Å². The van der Waals surface area contributed by atoms with Crippen molar-refractivity contribution in [3.05, 3.63) is 95.0 Å². The lowest BCUT2D eigenvalue weighted by Gasteiger charge is -2.05. The second kappa shape index (κ2) is 7.46. The van der Waals surface area contributed by atoms with Gasteiger partial charge in [-0.2, -0.15) is 0 Å². The minimum absolute atomic E-state index is 0.362. The van der Waals surface area contributed by atoms with Gasteiger partial charge in [0.05, 0.1) is 6.10 Å². The molecule has 23 heavy (non-hydrogen) atoms.